The Hall–Kier alpha value is -1.14. The average molecular weight is 358 g/mol. The summed E-state index contributed by atoms with van der Waals surface area (Å²) in [7, 11) is 0. The van der Waals surface area contributed by atoms with E-state index in [0.29, 0.717) is 18.7 Å². The van der Waals surface area contributed by atoms with Crippen LogP contribution in [0.2, 0.25) is 5.02 Å². The molecule has 1 aliphatic rings. The number of nitrogens with one attached hydrogen (secondary N) is 1. The SMILES string of the molecule is Cl.NCCc1nc(C(=O)NC2CCc3cc(Cl)ccc32)cs1. The third-order valence-corrected chi connectivity index (χ3v) is 4.77. The van der Waals surface area contributed by atoms with Crippen molar-refractivity contribution in [1.82, 2.24) is 10.3 Å². The molecule has 3 N–H and O–H groups in total. The van der Waals surface area contributed by atoms with Crippen molar-refractivity contribution in [3.05, 3.63) is 50.4 Å². The van der Waals surface area contributed by atoms with Crippen LogP contribution in [-0.4, -0.2) is 17.4 Å². The standard InChI is InChI=1S/C15H16ClN3OS.ClH/c16-10-2-3-11-9(7-10)1-4-12(11)19-15(20)13-8-21-14(18-13)5-6-17;/h2-3,7-8,12H,1,4-6,17H2,(H,19,20);1H. The van der Waals surface area contributed by atoms with Gasteiger partial charge in [-0.15, -0.1) is 23.7 Å². The maximum absolute atomic E-state index is 12.3. The lowest BCUT2D eigenvalue weighted by Gasteiger charge is -2.13. The van der Waals surface area contributed by atoms with Crippen molar-refractivity contribution in [3.63, 3.8) is 0 Å². The van der Waals surface area contributed by atoms with Crippen molar-refractivity contribution in [2.75, 3.05) is 6.54 Å². The van der Waals surface area contributed by atoms with Gasteiger partial charge < -0.3 is 11.1 Å². The Bertz CT molecular complexity index is 675. The van der Waals surface area contributed by atoms with Crippen LogP contribution in [0.3, 0.4) is 0 Å². The van der Waals surface area contributed by atoms with Gasteiger partial charge in [0.1, 0.15) is 5.69 Å². The fraction of sp³-hybridized carbons (Fsp3) is 0.333. The van der Waals surface area contributed by atoms with Crippen LogP contribution in [0.1, 0.15) is 39.1 Å². The van der Waals surface area contributed by atoms with Crippen LogP contribution in [0.4, 0.5) is 0 Å². The quantitative estimate of drug-likeness (QED) is 0.882. The van der Waals surface area contributed by atoms with E-state index in [2.05, 4.69) is 10.3 Å². The van der Waals surface area contributed by atoms with Gasteiger partial charge >= 0.3 is 0 Å². The van der Waals surface area contributed by atoms with Crippen LogP contribution in [0.15, 0.2) is 23.6 Å². The molecule has 1 atom stereocenters. The summed E-state index contributed by atoms with van der Waals surface area (Å²) in [5, 5.41) is 6.49. The van der Waals surface area contributed by atoms with Crippen LogP contribution >= 0.6 is 35.3 Å². The Labute approximate surface area is 144 Å². The first kappa shape index (κ1) is 17.2. The highest BCUT2D eigenvalue weighted by Gasteiger charge is 2.25. The Balaban J connectivity index is 0.00000176. The minimum Gasteiger partial charge on any atom is -0.344 e. The summed E-state index contributed by atoms with van der Waals surface area (Å²) in [5.41, 5.74) is 8.35. The van der Waals surface area contributed by atoms with Crippen molar-refractivity contribution in [3.8, 4) is 0 Å². The van der Waals surface area contributed by atoms with E-state index < -0.39 is 0 Å². The van der Waals surface area contributed by atoms with Crippen molar-refractivity contribution in [2.24, 2.45) is 5.73 Å². The molecular formula is C15H17Cl2N3OS. The first-order valence-corrected chi connectivity index (χ1v) is 8.17. The number of benzene rings is 1. The second kappa shape index (κ2) is 7.42. The summed E-state index contributed by atoms with van der Waals surface area (Å²) >= 11 is 7.48. The number of amides is 1. The molecule has 7 heteroatoms. The van der Waals surface area contributed by atoms with Gasteiger partial charge in [-0.05, 0) is 42.6 Å². The molecule has 0 fully saturated rings. The van der Waals surface area contributed by atoms with Crippen molar-refractivity contribution in [2.45, 2.75) is 25.3 Å². The van der Waals surface area contributed by atoms with E-state index in [4.69, 9.17) is 17.3 Å². The molecule has 0 radical (unpaired) electrons. The van der Waals surface area contributed by atoms with Crippen molar-refractivity contribution in [1.29, 1.82) is 0 Å². The third-order valence-electron chi connectivity index (χ3n) is 3.63. The number of aromatic nitrogens is 1. The predicted octanol–water partition coefficient (Wildman–Crippen LogP) is 3.14. The Morgan fingerprint density at radius 1 is 1.50 bits per heavy atom. The molecule has 1 amide bonds. The molecule has 118 valence electrons. The number of hydrogen-bond donors (Lipinski definition) is 2. The maximum Gasteiger partial charge on any atom is 0.271 e. The van der Waals surface area contributed by atoms with Gasteiger partial charge in [0, 0.05) is 16.8 Å². The number of carbonyl (C=O) groups excluding carboxylic acids is 1. The molecule has 1 aromatic carbocycles. The first-order chi connectivity index (χ1) is 10.2. The van der Waals surface area contributed by atoms with E-state index in [9.17, 15) is 4.79 Å². The largest absolute Gasteiger partial charge is 0.344 e. The lowest BCUT2D eigenvalue weighted by molar-refractivity contribution is 0.0932. The van der Waals surface area contributed by atoms with Crippen LogP contribution in [0.5, 0.6) is 0 Å². The number of carbonyl (C=O) groups is 1. The molecule has 0 bridgehead atoms. The smallest absolute Gasteiger partial charge is 0.271 e. The van der Waals surface area contributed by atoms with Crippen LogP contribution < -0.4 is 11.1 Å². The van der Waals surface area contributed by atoms with Gasteiger partial charge in [0.05, 0.1) is 11.0 Å². The number of rotatable bonds is 4. The molecule has 0 saturated carbocycles. The van der Waals surface area contributed by atoms with E-state index >= 15 is 0 Å². The molecule has 22 heavy (non-hydrogen) atoms. The Morgan fingerprint density at radius 3 is 3.09 bits per heavy atom. The van der Waals surface area contributed by atoms with Gasteiger partial charge in [-0.25, -0.2) is 4.98 Å². The number of hydrogen-bond acceptors (Lipinski definition) is 4. The summed E-state index contributed by atoms with van der Waals surface area (Å²) in [6.45, 7) is 0.547. The van der Waals surface area contributed by atoms with Crippen molar-refractivity contribution < 1.29 is 4.79 Å². The molecule has 0 spiro atoms. The minimum atomic E-state index is -0.123. The molecule has 3 rings (SSSR count). The van der Waals surface area contributed by atoms with Gasteiger partial charge in [0.15, 0.2) is 0 Å². The number of nitrogens with zero attached hydrogens (tertiary/aromatic N) is 1. The Morgan fingerprint density at radius 2 is 2.32 bits per heavy atom. The highest BCUT2D eigenvalue weighted by atomic mass is 35.5. The van der Waals surface area contributed by atoms with E-state index in [0.717, 1.165) is 28.4 Å². The third kappa shape index (κ3) is 3.60. The molecule has 1 aliphatic carbocycles. The molecule has 2 aromatic rings. The molecule has 0 aliphatic heterocycles. The van der Waals surface area contributed by atoms with Gasteiger partial charge in [-0.3, -0.25) is 4.79 Å². The van der Waals surface area contributed by atoms with Crippen LogP contribution in [-0.2, 0) is 12.8 Å². The predicted molar refractivity (Wildman–Crippen MR) is 92.1 cm³/mol. The minimum absolute atomic E-state index is 0. The highest BCUT2D eigenvalue weighted by molar-refractivity contribution is 7.09. The summed E-state index contributed by atoms with van der Waals surface area (Å²) in [6.07, 6.45) is 2.56. The number of fused-ring (bicyclic) bond motifs is 1. The number of aryl methyl sites for hydroxylation is 1. The lowest BCUT2D eigenvalue weighted by atomic mass is 10.1. The molecule has 1 heterocycles. The molecular weight excluding hydrogens is 341 g/mol. The van der Waals surface area contributed by atoms with E-state index in [1.807, 2.05) is 18.2 Å². The second-order valence-corrected chi connectivity index (χ2v) is 6.45. The monoisotopic (exact) mass is 357 g/mol. The summed E-state index contributed by atoms with van der Waals surface area (Å²) in [4.78, 5) is 16.6. The average Bonchev–Trinajstić information content (AvgIpc) is 3.06. The van der Waals surface area contributed by atoms with Gasteiger partial charge in [-0.2, -0.15) is 0 Å². The van der Waals surface area contributed by atoms with E-state index in [1.54, 1.807) is 5.38 Å². The van der Waals surface area contributed by atoms with Gasteiger partial charge in [0.2, 0.25) is 0 Å². The van der Waals surface area contributed by atoms with Gasteiger partial charge in [0.25, 0.3) is 5.91 Å². The number of nitrogens with two attached hydrogens (primary N) is 1. The van der Waals surface area contributed by atoms with E-state index in [1.165, 1.54) is 16.9 Å². The second-order valence-electron chi connectivity index (χ2n) is 5.07. The van der Waals surface area contributed by atoms with E-state index in [-0.39, 0.29) is 24.4 Å². The molecule has 1 unspecified atom stereocenters. The van der Waals surface area contributed by atoms with Crippen LogP contribution in [0, 0.1) is 0 Å². The number of halogens is 2. The van der Waals surface area contributed by atoms with Gasteiger partial charge in [-0.1, -0.05) is 17.7 Å². The van der Waals surface area contributed by atoms with Crippen LogP contribution in [0.25, 0.3) is 0 Å². The lowest BCUT2D eigenvalue weighted by Crippen LogP contribution is -2.27. The summed E-state index contributed by atoms with van der Waals surface area (Å²) in [6, 6.07) is 5.89. The number of thiazole rings is 1. The summed E-state index contributed by atoms with van der Waals surface area (Å²) < 4.78 is 0. The fourth-order valence-corrected chi connectivity index (χ4v) is 3.61. The molecule has 4 nitrogen and oxygen atoms in total. The zero-order valence-corrected chi connectivity index (χ0v) is 14.2. The highest BCUT2D eigenvalue weighted by Crippen LogP contribution is 2.33. The van der Waals surface area contributed by atoms with Crippen molar-refractivity contribution >= 4 is 41.3 Å². The molecule has 0 saturated heterocycles. The fourth-order valence-electron chi connectivity index (χ4n) is 2.62. The Kier molecular flexibility index (Phi) is 5.81. The first-order valence-electron chi connectivity index (χ1n) is 6.91. The maximum atomic E-state index is 12.3. The zero-order chi connectivity index (χ0) is 14.8. The summed E-state index contributed by atoms with van der Waals surface area (Å²) in [5.74, 6) is -0.123. The zero-order valence-electron chi connectivity index (χ0n) is 11.8. The molecule has 1 aromatic heterocycles. The topological polar surface area (TPSA) is 68.0 Å². The normalized spacial score (nSPS) is 16.0.